The first-order valence-corrected chi connectivity index (χ1v) is 9.50. The summed E-state index contributed by atoms with van der Waals surface area (Å²) in [5.74, 6) is 0.183. The molecular weight excluding hydrogens is 354 g/mol. The summed E-state index contributed by atoms with van der Waals surface area (Å²) in [6.07, 6.45) is 1.98. The zero-order chi connectivity index (χ0) is 19.1. The van der Waals surface area contributed by atoms with Gasteiger partial charge in [-0.1, -0.05) is 24.3 Å². The van der Waals surface area contributed by atoms with E-state index < -0.39 is 5.79 Å². The Morgan fingerprint density at radius 3 is 2.75 bits per heavy atom. The Kier molecular flexibility index (Phi) is 4.00. The van der Waals surface area contributed by atoms with Crippen molar-refractivity contribution in [3.8, 4) is 17.2 Å². The lowest BCUT2D eigenvalue weighted by Crippen LogP contribution is -2.31. The van der Waals surface area contributed by atoms with Crippen LogP contribution in [0.5, 0.6) is 0 Å². The Balaban J connectivity index is 1.61. The first kappa shape index (κ1) is 17.1. The lowest BCUT2D eigenvalue weighted by atomic mass is 9.99. The summed E-state index contributed by atoms with van der Waals surface area (Å²) in [5, 5.41) is 9.97. The normalized spacial score (nSPS) is 18.0. The van der Waals surface area contributed by atoms with Crippen molar-refractivity contribution in [3.05, 3.63) is 64.2 Å². The van der Waals surface area contributed by atoms with E-state index in [4.69, 9.17) is 14.5 Å². The topological polar surface area (TPSA) is 77.1 Å². The molecule has 0 unspecified atom stereocenters. The SMILES string of the molecule is N#Cc1ccccc1-c1ccc2c(=O)n3c(nc2c1)CCC1(CC3)OCCO1. The molecule has 5 rings (SSSR count). The van der Waals surface area contributed by atoms with Gasteiger partial charge in [0.25, 0.3) is 5.56 Å². The third-order valence-electron chi connectivity index (χ3n) is 5.65. The van der Waals surface area contributed by atoms with Gasteiger partial charge < -0.3 is 9.47 Å². The van der Waals surface area contributed by atoms with Crippen LogP contribution in [0.4, 0.5) is 0 Å². The Labute approximate surface area is 162 Å². The number of nitrogens with zero attached hydrogens (tertiary/aromatic N) is 3. The van der Waals surface area contributed by atoms with Crippen molar-refractivity contribution >= 4 is 10.9 Å². The van der Waals surface area contributed by atoms with E-state index in [2.05, 4.69) is 6.07 Å². The number of fused-ring (bicyclic) bond motifs is 2. The fourth-order valence-electron chi connectivity index (χ4n) is 4.18. The summed E-state index contributed by atoms with van der Waals surface area (Å²) in [6.45, 7) is 1.74. The number of benzene rings is 2. The smallest absolute Gasteiger partial charge is 0.261 e. The van der Waals surface area contributed by atoms with Crippen LogP contribution in [0.15, 0.2) is 47.3 Å². The lowest BCUT2D eigenvalue weighted by molar-refractivity contribution is -0.165. The van der Waals surface area contributed by atoms with Crippen LogP contribution < -0.4 is 5.56 Å². The number of rotatable bonds is 1. The quantitative estimate of drug-likeness (QED) is 0.655. The van der Waals surface area contributed by atoms with Crippen molar-refractivity contribution in [2.24, 2.45) is 0 Å². The van der Waals surface area contributed by atoms with Gasteiger partial charge in [0.1, 0.15) is 5.82 Å². The van der Waals surface area contributed by atoms with E-state index in [0.717, 1.165) is 17.0 Å². The van der Waals surface area contributed by atoms with Crippen molar-refractivity contribution < 1.29 is 9.47 Å². The number of ether oxygens (including phenoxy) is 2. The molecule has 0 radical (unpaired) electrons. The number of aryl methyl sites for hydroxylation is 1. The molecule has 0 saturated carbocycles. The Morgan fingerprint density at radius 2 is 1.93 bits per heavy atom. The third kappa shape index (κ3) is 2.71. The molecule has 0 amide bonds. The molecule has 0 aliphatic carbocycles. The molecule has 1 spiro atoms. The predicted molar refractivity (Wildman–Crippen MR) is 104 cm³/mol. The van der Waals surface area contributed by atoms with Crippen LogP contribution >= 0.6 is 0 Å². The van der Waals surface area contributed by atoms with E-state index in [1.54, 1.807) is 10.6 Å². The first-order valence-electron chi connectivity index (χ1n) is 9.50. The summed E-state index contributed by atoms with van der Waals surface area (Å²) in [7, 11) is 0. The van der Waals surface area contributed by atoms with E-state index >= 15 is 0 Å². The van der Waals surface area contributed by atoms with E-state index in [1.165, 1.54) is 0 Å². The molecule has 1 fully saturated rings. The van der Waals surface area contributed by atoms with Crippen molar-refractivity contribution in [2.75, 3.05) is 13.2 Å². The van der Waals surface area contributed by atoms with Crippen molar-refractivity contribution in [2.45, 2.75) is 31.6 Å². The van der Waals surface area contributed by atoms with Gasteiger partial charge in [-0.2, -0.15) is 5.26 Å². The summed E-state index contributed by atoms with van der Waals surface area (Å²) in [5.41, 5.74) is 2.95. The maximum absolute atomic E-state index is 13.1. The standard InChI is InChI=1S/C22H19N3O3/c23-14-16-3-1-2-4-17(16)15-5-6-18-19(13-15)24-20-7-8-22(27-11-12-28-22)9-10-25(20)21(18)26/h1-6,13H,7-12H2. The van der Waals surface area contributed by atoms with Gasteiger partial charge in [0.15, 0.2) is 5.79 Å². The summed E-state index contributed by atoms with van der Waals surface area (Å²) < 4.78 is 13.4. The Hall–Kier alpha value is -3.01. The minimum atomic E-state index is -0.580. The summed E-state index contributed by atoms with van der Waals surface area (Å²) in [6, 6.07) is 15.3. The molecule has 6 heteroatoms. The molecule has 3 aromatic rings. The van der Waals surface area contributed by atoms with Gasteiger partial charge in [0.2, 0.25) is 0 Å². The highest BCUT2D eigenvalue weighted by atomic mass is 16.7. The second-order valence-electron chi connectivity index (χ2n) is 7.23. The van der Waals surface area contributed by atoms with Gasteiger partial charge in [-0.25, -0.2) is 4.98 Å². The number of nitriles is 1. The van der Waals surface area contributed by atoms with E-state index in [0.29, 0.717) is 55.5 Å². The minimum absolute atomic E-state index is 0.0323. The average Bonchev–Trinajstić information content (AvgIpc) is 3.12. The monoisotopic (exact) mass is 373 g/mol. The van der Waals surface area contributed by atoms with E-state index in [9.17, 15) is 10.1 Å². The van der Waals surface area contributed by atoms with Crippen molar-refractivity contribution in [1.29, 1.82) is 5.26 Å². The maximum atomic E-state index is 13.1. The van der Waals surface area contributed by atoms with Crippen LogP contribution in [0, 0.1) is 11.3 Å². The highest BCUT2D eigenvalue weighted by molar-refractivity contribution is 5.85. The fraction of sp³-hybridized carbons (Fsp3) is 0.318. The predicted octanol–water partition coefficient (Wildman–Crippen LogP) is 3.01. The number of aromatic nitrogens is 2. The van der Waals surface area contributed by atoms with Gasteiger partial charge in [-0.3, -0.25) is 9.36 Å². The Morgan fingerprint density at radius 1 is 1.11 bits per heavy atom. The van der Waals surface area contributed by atoms with Crippen LogP contribution in [0.25, 0.3) is 22.0 Å². The summed E-state index contributed by atoms with van der Waals surface area (Å²) in [4.78, 5) is 17.9. The maximum Gasteiger partial charge on any atom is 0.261 e. The first-order chi connectivity index (χ1) is 13.7. The van der Waals surface area contributed by atoms with Gasteiger partial charge in [0.05, 0.1) is 35.7 Å². The molecule has 2 aromatic carbocycles. The highest BCUT2D eigenvalue weighted by Gasteiger charge is 2.38. The van der Waals surface area contributed by atoms with Crippen LogP contribution in [0.2, 0.25) is 0 Å². The molecule has 2 aliphatic rings. The Bertz CT molecular complexity index is 1170. The van der Waals surface area contributed by atoms with Gasteiger partial charge in [-0.05, 0) is 29.3 Å². The third-order valence-corrected chi connectivity index (χ3v) is 5.65. The fourth-order valence-corrected chi connectivity index (χ4v) is 4.18. The zero-order valence-corrected chi connectivity index (χ0v) is 15.4. The molecule has 0 atom stereocenters. The molecule has 1 saturated heterocycles. The molecule has 0 N–H and O–H groups in total. The summed E-state index contributed by atoms with van der Waals surface area (Å²) >= 11 is 0. The lowest BCUT2D eigenvalue weighted by Gasteiger charge is -2.24. The number of hydrogen-bond acceptors (Lipinski definition) is 5. The van der Waals surface area contributed by atoms with Gasteiger partial charge in [-0.15, -0.1) is 0 Å². The van der Waals surface area contributed by atoms with Crippen molar-refractivity contribution in [1.82, 2.24) is 9.55 Å². The van der Waals surface area contributed by atoms with Gasteiger partial charge in [0, 0.05) is 25.8 Å². The largest absolute Gasteiger partial charge is 0.347 e. The van der Waals surface area contributed by atoms with Crippen LogP contribution in [-0.2, 0) is 22.4 Å². The highest BCUT2D eigenvalue weighted by Crippen LogP contribution is 2.32. The zero-order valence-electron chi connectivity index (χ0n) is 15.4. The molecular formula is C22H19N3O3. The molecule has 3 heterocycles. The second kappa shape index (κ2) is 6.55. The van der Waals surface area contributed by atoms with Crippen LogP contribution in [0.1, 0.15) is 24.2 Å². The van der Waals surface area contributed by atoms with E-state index in [-0.39, 0.29) is 5.56 Å². The molecule has 2 aliphatic heterocycles. The van der Waals surface area contributed by atoms with Gasteiger partial charge >= 0.3 is 0 Å². The molecule has 0 bridgehead atoms. The average molecular weight is 373 g/mol. The molecule has 6 nitrogen and oxygen atoms in total. The number of hydrogen-bond donors (Lipinski definition) is 0. The van der Waals surface area contributed by atoms with Crippen molar-refractivity contribution in [3.63, 3.8) is 0 Å². The van der Waals surface area contributed by atoms with Crippen LogP contribution in [0.3, 0.4) is 0 Å². The minimum Gasteiger partial charge on any atom is -0.347 e. The molecule has 140 valence electrons. The van der Waals surface area contributed by atoms with E-state index in [1.807, 2.05) is 36.4 Å². The molecule has 1 aromatic heterocycles. The molecule has 28 heavy (non-hydrogen) atoms. The van der Waals surface area contributed by atoms with Crippen LogP contribution in [-0.4, -0.2) is 28.6 Å². The second-order valence-corrected chi connectivity index (χ2v) is 7.23.